The number of likely N-dealkylation sites (tertiary alicyclic amines) is 1. The molecule has 2 aliphatic rings. The molecule has 1 aliphatic carbocycles. The molecule has 6 heteroatoms. The lowest BCUT2D eigenvalue weighted by molar-refractivity contribution is -0.131. The molecule has 1 amide bonds. The van der Waals surface area contributed by atoms with E-state index in [1.165, 1.54) is 16.3 Å². The van der Waals surface area contributed by atoms with Gasteiger partial charge in [0.05, 0.1) is 0 Å². The van der Waals surface area contributed by atoms with Crippen molar-refractivity contribution < 1.29 is 4.79 Å². The number of aryl methyl sites for hydroxylation is 1. The largest absolute Gasteiger partial charge is 0.341 e. The second-order valence-electron chi connectivity index (χ2n) is 6.51. The quantitative estimate of drug-likeness (QED) is 0.816. The number of hydrogen-bond donors (Lipinski definition) is 1. The van der Waals surface area contributed by atoms with Gasteiger partial charge in [-0.05, 0) is 38.5 Å². The van der Waals surface area contributed by atoms with E-state index < -0.39 is 11.2 Å². The third kappa shape index (κ3) is 2.77. The van der Waals surface area contributed by atoms with Crippen molar-refractivity contribution in [3.63, 3.8) is 0 Å². The van der Waals surface area contributed by atoms with Gasteiger partial charge in [-0.2, -0.15) is 0 Å². The van der Waals surface area contributed by atoms with E-state index in [1.807, 2.05) is 4.90 Å². The summed E-state index contributed by atoms with van der Waals surface area (Å²) in [6.07, 6.45) is 5.82. The number of nitrogens with zero attached hydrogens (tertiary/aromatic N) is 2. The number of amides is 1. The normalized spacial score (nSPS) is 24.1. The molecule has 6 nitrogen and oxygen atoms in total. The highest BCUT2D eigenvalue weighted by molar-refractivity contribution is 5.76. The maximum absolute atomic E-state index is 12.4. The summed E-state index contributed by atoms with van der Waals surface area (Å²) in [5.74, 6) is 1.03. The van der Waals surface area contributed by atoms with E-state index in [0.29, 0.717) is 17.4 Å². The summed E-state index contributed by atoms with van der Waals surface area (Å²) in [4.78, 5) is 39.7. The highest BCUT2D eigenvalue weighted by Gasteiger charge is 2.36. The molecule has 3 rings (SSSR count). The van der Waals surface area contributed by atoms with Crippen LogP contribution >= 0.6 is 0 Å². The molecule has 0 aromatic carbocycles. The first-order valence-electron chi connectivity index (χ1n) is 7.68. The Hall–Kier alpha value is -2.11. The minimum Gasteiger partial charge on any atom is -0.341 e. The molecule has 0 radical (unpaired) electrons. The van der Waals surface area contributed by atoms with Crippen LogP contribution in [0.5, 0.6) is 0 Å². The van der Waals surface area contributed by atoms with Crippen LogP contribution in [0.15, 0.2) is 27.4 Å². The lowest BCUT2D eigenvalue weighted by atomic mass is 9.83. The van der Waals surface area contributed by atoms with E-state index in [9.17, 15) is 14.4 Å². The van der Waals surface area contributed by atoms with Crippen LogP contribution < -0.4 is 11.2 Å². The number of fused-ring (bicyclic) bond motifs is 1. The number of carbonyl (C=O) groups excluding carboxylic acids is 1. The number of H-pyrrole nitrogens is 1. The van der Waals surface area contributed by atoms with E-state index in [-0.39, 0.29) is 12.5 Å². The molecule has 118 valence electrons. The first-order valence-corrected chi connectivity index (χ1v) is 7.68. The SMILES string of the molecule is CC1=CCC2CN(C(=O)Cn3cc(C)c(=O)[nH]c3=O)CC2C1. The van der Waals surface area contributed by atoms with Crippen molar-refractivity contribution in [1.82, 2.24) is 14.5 Å². The maximum Gasteiger partial charge on any atom is 0.328 e. The van der Waals surface area contributed by atoms with E-state index in [2.05, 4.69) is 18.0 Å². The van der Waals surface area contributed by atoms with Crippen LogP contribution in [0.4, 0.5) is 0 Å². The Bertz CT molecular complexity index is 744. The Kier molecular flexibility index (Phi) is 3.76. The highest BCUT2D eigenvalue weighted by atomic mass is 16.2. The summed E-state index contributed by atoms with van der Waals surface area (Å²) in [7, 11) is 0. The molecule has 2 unspecified atom stereocenters. The van der Waals surface area contributed by atoms with E-state index >= 15 is 0 Å². The molecule has 1 saturated heterocycles. The maximum atomic E-state index is 12.4. The number of aromatic amines is 1. The zero-order chi connectivity index (χ0) is 15.9. The number of hydrogen-bond acceptors (Lipinski definition) is 3. The number of rotatable bonds is 2. The lowest BCUT2D eigenvalue weighted by Gasteiger charge is -2.21. The minimum absolute atomic E-state index is 0.0116. The zero-order valence-corrected chi connectivity index (χ0v) is 13.0. The Morgan fingerprint density at radius 2 is 2.00 bits per heavy atom. The topological polar surface area (TPSA) is 75.2 Å². The van der Waals surface area contributed by atoms with Crippen molar-refractivity contribution in [3.05, 3.63) is 44.2 Å². The predicted octanol–water partition coefficient (Wildman–Crippen LogP) is 0.660. The summed E-state index contributed by atoms with van der Waals surface area (Å²) in [6.45, 7) is 5.29. The van der Waals surface area contributed by atoms with Crippen LogP contribution in [0.25, 0.3) is 0 Å². The third-order valence-corrected chi connectivity index (χ3v) is 4.78. The van der Waals surface area contributed by atoms with Crippen LogP contribution in [-0.4, -0.2) is 33.4 Å². The Morgan fingerprint density at radius 3 is 2.77 bits per heavy atom. The van der Waals surface area contributed by atoms with Gasteiger partial charge in [0.25, 0.3) is 5.56 Å². The molecule has 2 atom stereocenters. The van der Waals surface area contributed by atoms with Gasteiger partial charge < -0.3 is 4.90 Å². The zero-order valence-electron chi connectivity index (χ0n) is 13.0. The molecule has 1 fully saturated rings. The van der Waals surface area contributed by atoms with Crippen LogP contribution in [0.3, 0.4) is 0 Å². The second-order valence-corrected chi connectivity index (χ2v) is 6.51. The van der Waals surface area contributed by atoms with Gasteiger partial charge in [0.1, 0.15) is 6.54 Å². The van der Waals surface area contributed by atoms with Crippen LogP contribution in [0.2, 0.25) is 0 Å². The molecule has 1 aliphatic heterocycles. The van der Waals surface area contributed by atoms with Crippen molar-refractivity contribution in [2.45, 2.75) is 33.2 Å². The average Bonchev–Trinajstić information content (AvgIpc) is 2.87. The number of aromatic nitrogens is 2. The van der Waals surface area contributed by atoms with Crippen LogP contribution in [-0.2, 0) is 11.3 Å². The molecule has 0 spiro atoms. The molecular formula is C16H21N3O3. The fourth-order valence-electron chi connectivity index (χ4n) is 3.47. The number of allylic oxidation sites excluding steroid dienone is 2. The minimum atomic E-state index is -0.530. The molecule has 1 aromatic rings. The first kappa shape index (κ1) is 14.8. The molecular weight excluding hydrogens is 282 g/mol. The number of carbonyl (C=O) groups is 1. The van der Waals surface area contributed by atoms with Gasteiger partial charge in [-0.15, -0.1) is 0 Å². The first-order chi connectivity index (χ1) is 10.4. The molecule has 1 aromatic heterocycles. The molecule has 2 heterocycles. The molecule has 0 saturated carbocycles. The van der Waals surface area contributed by atoms with Crippen molar-refractivity contribution in [1.29, 1.82) is 0 Å². The average molecular weight is 303 g/mol. The number of nitrogens with one attached hydrogen (secondary N) is 1. The predicted molar refractivity (Wildman–Crippen MR) is 82.6 cm³/mol. The monoisotopic (exact) mass is 303 g/mol. The third-order valence-electron chi connectivity index (χ3n) is 4.78. The summed E-state index contributed by atoms with van der Waals surface area (Å²) < 4.78 is 1.28. The Labute approximate surface area is 128 Å². The molecule has 1 N–H and O–H groups in total. The van der Waals surface area contributed by atoms with Crippen LogP contribution in [0.1, 0.15) is 25.3 Å². The van der Waals surface area contributed by atoms with Crippen molar-refractivity contribution in [2.24, 2.45) is 11.8 Å². The standard InChI is InChI=1S/C16H21N3O3/c1-10-3-4-12-7-18(8-13(12)5-10)14(20)9-19-6-11(2)15(21)17-16(19)22/h3,6,12-13H,4-5,7-9H2,1-2H3,(H,17,21,22). The van der Waals surface area contributed by atoms with Crippen molar-refractivity contribution in [2.75, 3.05) is 13.1 Å². The fourth-order valence-corrected chi connectivity index (χ4v) is 3.47. The van der Waals surface area contributed by atoms with Gasteiger partial charge in [-0.1, -0.05) is 11.6 Å². The van der Waals surface area contributed by atoms with Crippen molar-refractivity contribution in [3.8, 4) is 0 Å². The summed E-state index contributed by atoms with van der Waals surface area (Å²) in [5, 5.41) is 0. The lowest BCUT2D eigenvalue weighted by Crippen LogP contribution is -2.38. The van der Waals surface area contributed by atoms with Gasteiger partial charge in [0.2, 0.25) is 5.91 Å². The Morgan fingerprint density at radius 1 is 1.27 bits per heavy atom. The van der Waals surface area contributed by atoms with E-state index in [0.717, 1.165) is 25.9 Å². The Balaban J connectivity index is 1.70. The fraction of sp³-hybridized carbons (Fsp3) is 0.562. The summed E-state index contributed by atoms with van der Waals surface area (Å²) >= 11 is 0. The molecule has 22 heavy (non-hydrogen) atoms. The van der Waals surface area contributed by atoms with Gasteiger partial charge in [-0.3, -0.25) is 19.1 Å². The second kappa shape index (κ2) is 5.59. The van der Waals surface area contributed by atoms with Gasteiger partial charge in [0.15, 0.2) is 0 Å². The van der Waals surface area contributed by atoms with Crippen LogP contribution in [0, 0.1) is 18.8 Å². The van der Waals surface area contributed by atoms with Gasteiger partial charge in [-0.25, -0.2) is 4.79 Å². The van der Waals surface area contributed by atoms with Gasteiger partial charge in [0, 0.05) is 24.8 Å². The molecule has 0 bridgehead atoms. The smallest absolute Gasteiger partial charge is 0.328 e. The highest BCUT2D eigenvalue weighted by Crippen LogP contribution is 2.35. The van der Waals surface area contributed by atoms with E-state index in [4.69, 9.17) is 0 Å². The summed E-state index contributed by atoms with van der Waals surface area (Å²) in [5.41, 5.74) is 0.908. The summed E-state index contributed by atoms with van der Waals surface area (Å²) in [6, 6.07) is 0. The van der Waals surface area contributed by atoms with E-state index in [1.54, 1.807) is 6.92 Å². The van der Waals surface area contributed by atoms with Gasteiger partial charge >= 0.3 is 5.69 Å². The van der Waals surface area contributed by atoms with Crippen molar-refractivity contribution >= 4 is 5.91 Å².